The zero-order valence-electron chi connectivity index (χ0n) is 8.52. The van der Waals surface area contributed by atoms with Crippen molar-refractivity contribution in [3.05, 3.63) is 23.3 Å². The molecule has 5 nitrogen and oxygen atoms in total. The van der Waals surface area contributed by atoms with E-state index in [0.29, 0.717) is 11.3 Å². The molecule has 0 unspecified atom stereocenters. The van der Waals surface area contributed by atoms with Gasteiger partial charge in [-0.1, -0.05) is 0 Å². The molecule has 0 fully saturated rings. The van der Waals surface area contributed by atoms with Gasteiger partial charge in [-0.2, -0.15) is 0 Å². The Hall–Kier alpha value is -1.75. The molecule has 0 spiro atoms. The van der Waals surface area contributed by atoms with Crippen LogP contribution in [0.2, 0.25) is 0 Å². The third-order valence-electron chi connectivity index (χ3n) is 2.14. The topological polar surface area (TPSA) is 92.8 Å². The fraction of sp³-hybridized carbons (Fsp3) is 0.300. The second kappa shape index (κ2) is 4.18. The molecule has 1 aromatic carbocycles. The van der Waals surface area contributed by atoms with E-state index in [1.807, 2.05) is 0 Å². The highest BCUT2D eigenvalue weighted by Crippen LogP contribution is 2.31. The summed E-state index contributed by atoms with van der Waals surface area (Å²) < 4.78 is 4.96. The monoisotopic (exact) mass is 211 g/mol. The maximum Gasteiger partial charge on any atom is 0.325 e. The lowest BCUT2D eigenvalue weighted by atomic mass is 10.0. The van der Waals surface area contributed by atoms with Gasteiger partial charge in [0, 0.05) is 5.56 Å². The molecule has 0 aromatic heterocycles. The quantitative estimate of drug-likeness (QED) is 0.687. The average molecular weight is 211 g/mol. The molecule has 1 aromatic rings. The first-order valence-corrected chi connectivity index (χ1v) is 4.33. The summed E-state index contributed by atoms with van der Waals surface area (Å²) in [5.74, 6) is -0.833. The predicted molar refractivity (Wildman–Crippen MR) is 54.0 cm³/mol. The molecule has 15 heavy (non-hydrogen) atoms. The van der Waals surface area contributed by atoms with Crippen molar-refractivity contribution in [2.24, 2.45) is 5.73 Å². The van der Waals surface area contributed by atoms with E-state index in [9.17, 15) is 9.90 Å². The number of methoxy groups -OCH3 is 1. The van der Waals surface area contributed by atoms with Crippen molar-refractivity contribution < 1.29 is 19.7 Å². The van der Waals surface area contributed by atoms with Crippen LogP contribution in [0.4, 0.5) is 0 Å². The number of carboxylic acids is 1. The van der Waals surface area contributed by atoms with Crippen LogP contribution in [0, 0.1) is 6.92 Å². The number of phenols is 1. The fourth-order valence-corrected chi connectivity index (χ4v) is 1.26. The number of hydrogen-bond donors (Lipinski definition) is 3. The van der Waals surface area contributed by atoms with E-state index in [1.54, 1.807) is 13.0 Å². The molecule has 1 rings (SSSR count). The molecule has 4 N–H and O–H groups in total. The Balaban J connectivity index is 3.27. The number of nitrogens with two attached hydrogens (primary N) is 1. The number of aryl methyl sites for hydroxylation is 1. The van der Waals surface area contributed by atoms with Crippen molar-refractivity contribution in [1.29, 1.82) is 0 Å². The summed E-state index contributed by atoms with van der Waals surface area (Å²) in [7, 11) is 1.46. The molecule has 82 valence electrons. The van der Waals surface area contributed by atoms with Crippen LogP contribution in [0.15, 0.2) is 12.1 Å². The van der Waals surface area contributed by atoms with Crippen LogP contribution in [-0.4, -0.2) is 23.3 Å². The number of aliphatic carboxylic acids is 1. The van der Waals surface area contributed by atoms with E-state index >= 15 is 0 Å². The average Bonchev–Trinajstić information content (AvgIpc) is 2.20. The molecule has 0 bridgehead atoms. The Bertz CT molecular complexity index is 389. The predicted octanol–water partition coefficient (Wildman–Crippen LogP) is 0.794. The Kier molecular flexibility index (Phi) is 3.16. The molecule has 0 saturated carbocycles. The smallest absolute Gasteiger partial charge is 0.325 e. The van der Waals surface area contributed by atoms with E-state index in [-0.39, 0.29) is 11.3 Å². The van der Waals surface area contributed by atoms with Crippen LogP contribution in [-0.2, 0) is 4.79 Å². The van der Waals surface area contributed by atoms with Gasteiger partial charge in [0.15, 0.2) is 0 Å². The number of hydrogen-bond acceptors (Lipinski definition) is 4. The minimum atomic E-state index is -1.25. The minimum Gasteiger partial charge on any atom is -0.507 e. The van der Waals surface area contributed by atoms with Gasteiger partial charge in [0.2, 0.25) is 0 Å². The van der Waals surface area contributed by atoms with Gasteiger partial charge in [-0.3, -0.25) is 4.79 Å². The maximum atomic E-state index is 10.7. The van der Waals surface area contributed by atoms with Crippen LogP contribution in [0.3, 0.4) is 0 Å². The van der Waals surface area contributed by atoms with Crippen molar-refractivity contribution in [2.45, 2.75) is 13.0 Å². The largest absolute Gasteiger partial charge is 0.507 e. The normalized spacial score (nSPS) is 12.2. The van der Waals surface area contributed by atoms with Gasteiger partial charge >= 0.3 is 5.97 Å². The zero-order valence-corrected chi connectivity index (χ0v) is 8.52. The van der Waals surface area contributed by atoms with Crippen molar-refractivity contribution in [3.8, 4) is 11.5 Å². The third-order valence-corrected chi connectivity index (χ3v) is 2.14. The number of carboxylic acid groups (broad SMARTS) is 1. The van der Waals surface area contributed by atoms with Crippen molar-refractivity contribution in [1.82, 2.24) is 0 Å². The Morgan fingerprint density at radius 2 is 2.13 bits per heavy atom. The summed E-state index contributed by atoms with van der Waals surface area (Å²) in [6.45, 7) is 1.65. The zero-order chi connectivity index (χ0) is 11.6. The summed E-state index contributed by atoms with van der Waals surface area (Å²) in [5.41, 5.74) is 6.10. The van der Waals surface area contributed by atoms with Crippen LogP contribution < -0.4 is 10.5 Å². The molecule has 0 heterocycles. The lowest BCUT2D eigenvalue weighted by molar-refractivity contribution is -0.138. The van der Waals surface area contributed by atoms with Crippen LogP contribution in [0.5, 0.6) is 11.5 Å². The Morgan fingerprint density at radius 3 is 2.60 bits per heavy atom. The molecule has 0 aliphatic rings. The lowest BCUT2D eigenvalue weighted by Gasteiger charge is -2.13. The van der Waals surface area contributed by atoms with Crippen LogP contribution in [0.1, 0.15) is 17.2 Å². The van der Waals surface area contributed by atoms with Gasteiger partial charge in [-0.15, -0.1) is 0 Å². The lowest BCUT2D eigenvalue weighted by Crippen LogP contribution is -2.21. The van der Waals surface area contributed by atoms with Gasteiger partial charge in [0.05, 0.1) is 7.11 Å². The van der Waals surface area contributed by atoms with Crippen LogP contribution in [0.25, 0.3) is 0 Å². The fourth-order valence-electron chi connectivity index (χ4n) is 1.26. The molecule has 0 amide bonds. The SMILES string of the molecule is COc1cc(C)c(O)c([C@H](N)C(=O)O)c1. The number of carbonyl (C=O) groups is 1. The molecule has 0 aliphatic carbocycles. The van der Waals surface area contributed by atoms with E-state index in [1.165, 1.54) is 13.2 Å². The summed E-state index contributed by atoms with van der Waals surface area (Å²) in [6, 6.07) is 1.77. The standard InChI is InChI=1S/C10H13NO4/c1-5-3-6(15-2)4-7(9(5)12)8(11)10(13)14/h3-4,8,12H,11H2,1-2H3,(H,13,14)/t8-/m0/s1. The maximum absolute atomic E-state index is 10.7. The molecular formula is C10H13NO4. The van der Waals surface area contributed by atoms with Crippen molar-refractivity contribution in [3.63, 3.8) is 0 Å². The second-order valence-corrected chi connectivity index (χ2v) is 3.20. The van der Waals surface area contributed by atoms with Gasteiger partial charge in [0.1, 0.15) is 17.5 Å². The van der Waals surface area contributed by atoms with Gasteiger partial charge in [-0.05, 0) is 24.6 Å². The van der Waals surface area contributed by atoms with E-state index in [2.05, 4.69) is 0 Å². The molecule has 0 saturated heterocycles. The number of rotatable bonds is 3. The van der Waals surface area contributed by atoms with Crippen LogP contribution >= 0.6 is 0 Å². The number of benzene rings is 1. The van der Waals surface area contributed by atoms with Gasteiger partial charge in [-0.25, -0.2) is 0 Å². The highest BCUT2D eigenvalue weighted by Gasteiger charge is 2.20. The van der Waals surface area contributed by atoms with Crippen molar-refractivity contribution >= 4 is 5.97 Å². The summed E-state index contributed by atoms with van der Waals surface area (Å²) in [4.78, 5) is 10.7. The number of phenolic OH excluding ortho intramolecular Hbond substituents is 1. The van der Waals surface area contributed by atoms with Crippen molar-refractivity contribution in [2.75, 3.05) is 7.11 Å². The summed E-state index contributed by atoms with van der Waals surface area (Å²) in [6.07, 6.45) is 0. The first-order valence-electron chi connectivity index (χ1n) is 4.33. The first-order chi connectivity index (χ1) is 6.97. The van der Waals surface area contributed by atoms with E-state index in [0.717, 1.165) is 0 Å². The van der Waals surface area contributed by atoms with Gasteiger partial charge < -0.3 is 20.7 Å². The molecule has 1 atom stereocenters. The summed E-state index contributed by atoms with van der Waals surface area (Å²) in [5, 5.41) is 18.4. The second-order valence-electron chi connectivity index (χ2n) is 3.20. The number of aromatic hydroxyl groups is 1. The van der Waals surface area contributed by atoms with E-state index < -0.39 is 12.0 Å². The highest BCUT2D eigenvalue weighted by atomic mass is 16.5. The van der Waals surface area contributed by atoms with Gasteiger partial charge in [0.25, 0.3) is 0 Å². The highest BCUT2D eigenvalue weighted by molar-refractivity contribution is 5.77. The first kappa shape index (κ1) is 11.3. The summed E-state index contributed by atoms with van der Waals surface area (Å²) >= 11 is 0. The molecule has 0 aliphatic heterocycles. The molecule has 5 heteroatoms. The third kappa shape index (κ3) is 2.19. The molecule has 0 radical (unpaired) electrons. The molecular weight excluding hydrogens is 198 g/mol. The number of ether oxygens (including phenoxy) is 1. The van der Waals surface area contributed by atoms with E-state index in [4.69, 9.17) is 15.6 Å². The Labute approximate surface area is 87.1 Å². The minimum absolute atomic E-state index is 0.106. The Morgan fingerprint density at radius 1 is 1.53 bits per heavy atom.